The van der Waals surface area contributed by atoms with Crippen molar-refractivity contribution in [3.05, 3.63) is 33.4 Å². The van der Waals surface area contributed by atoms with E-state index in [1.54, 1.807) is 0 Å². The van der Waals surface area contributed by atoms with E-state index in [0.29, 0.717) is 25.4 Å². The van der Waals surface area contributed by atoms with Gasteiger partial charge < -0.3 is 9.88 Å². The highest BCUT2D eigenvalue weighted by atomic mass is 79.9. The molecule has 0 spiro atoms. The summed E-state index contributed by atoms with van der Waals surface area (Å²) in [5.41, 5.74) is 3.98. The van der Waals surface area contributed by atoms with Crippen LogP contribution in [0.15, 0.2) is 16.6 Å². The number of fused-ring (bicyclic) bond motifs is 3. The fraction of sp³-hybridized carbons (Fsp3) is 0.640. The van der Waals surface area contributed by atoms with Crippen molar-refractivity contribution in [1.82, 2.24) is 14.6 Å². The molecule has 2 N–H and O–H groups in total. The van der Waals surface area contributed by atoms with Crippen LogP contribution < -0.4 is 10.0 Å². The number of amides is 1. The normalized spacial score (nSPS) is 26.3. The van der Waals surface area contributed by atoms with Gasteiger partial charge in [-0.2, -0.15) is 0 Å². The summed E-state index contributed by atoms with van der Waals surface area (Å²) in [7, 11) is -3.22. The number of sulfonamides is 1. The van der Waals surface area contributed by atoms with Crippen molar-refractivity contribution in [2.75, 3.05) is 12.8 Å². The standard InChI is InChI=1S/C25H36BrN3O3S/c1-15-8-9-18-19(22(30)28-23-24(3,4)17-10-11-25(23,5)14-17)16(2)29(21(18)20(15)26)13-7-12-27-33(6,31)32/h8-9,17,23,27H,7,10-14H2,1-6H3,(H,28,30). The number of halogens is 1. The summed E-state index contributed by atoms with van der Waals surface area (Å²) in [5.74, 6) is 0.655. The third-order valence-corrected chi connectivity index (χ3v) is 10.0. The average molecular weight is 539 g/mol. The third kappa shape index (κ3) is 4.27. The molecule has 2 aliphatic carbocycles. The van der Waals surface area contributed by atoms with E-state index in [9.17, 15) is 13.2 Å². The minimum Gasteiger partial charge on any atom is -0.348 e. The van der Waals surface area contributed by atoms with Gasteiger partial charge in [0.2, 0.25) is 10.0 Å². The van der Waals surface area contributed by atoms with Crippen molar-refractivity contribution >= 4 is 42.8 Å². The zero-order valence-electron chi connectivity index (χ0n) is 20.5. The van der Waals surface area contributed by atoms with Crippen LogP contribution >= 0.6 is 15.9 Å². The molecule has 1 aromatic carbocycles. The first-order chi connectivity index (χ1) is 15.3. The number of aromatic nitrogens is 1. The first-order valence-corrected chi connectivity index (χ1v) is 14.5. The summed E-state index contributed by atoms with van der Waals surface area (Å²) in [6, 6.07) is 4.24. The van der Waals surface area contributed by atoms with Gasteiger partial charge in [-0.05, 0) is 77.8 Å². The lowest BCUT2D eigenvalue weighted by atomic mass is 9.68. The van der Waals surface area contributed by atoms with Gasteiger partial charge in [0, 0.05) is 34.7 Å². The van der Waals surface area contributed by atoms with Crippen molar-refractivity contribution < 1.29 is 13.2 Å². The van der Waals surface area contributed by atoms with Gasteiger partial charge in [-0.3, -0.25) is 4.79 Å². The summed E-state index contributed by atoms with van der Waals surface area (Å²) in [6.07, 6.45) is 5.41. The SMILES string of the molecule is Cc1ccc2c(C(=O)NC3C4(C)CCC(C4)C3(C)C)c(C)n(CCCNS(C)(=O)=O)c2c1Br. The van der Waals surface area contributed by atoms with Crippen molar-refractivity contribution in [2.45, 2.75) is 72.9 Å². The second kappa shape index (κ2) is 8.38. The van der Waals surface area contributed by atoms with Gasteiger partial charge in [0.1, 0.15) is 0 Å². The van der Waals surface area contributed by atoms with E-state index in [2.05, 4.69) is 51.3 Å². The Morgan fingerprint density at radius 1 is 1.24 bits per heavy atom. The third-order valence-electron chi connectivity index (χ3n) is 8.31. The largest absolute Gasteiger partial charge is 0.348 e. The van der Waals surface area contributed by atoms with Gasteiger partial charge >= 0.3 is 0 Å². The molecule has 2 aromatic rings. The molecule has 2 aliphatic rings. The first kappa shape index (κ1) is 24.7. The number of hydrogen-bond donors (Lipinski definition) is 2. The minimum atomic E-state index is -3.22. The zero-order valence-corrected chi connectivity index (χ0v) is 22.9. The van der Waals surface area contributed by atoms with Crippen molar-refractivity contribution in [3.63, 3.8) is 0 Å². The zero-order chi connectivity index (χ0) is 24.3. The molecular formula is C25H36BrN3O3S. The van der Waals surface area contributed by atoms with Crippen LogP contribution in [-0.2, 0) is 16.6 Å². The van der Waals surface area contributed by atoms with E-state index in [0.717, 1.165) is 32.2 Å². The Kier molecular flexibility index (Phi) is 6.28. The number of hydrogen-bond acceptors (Lipinski definition) is 3. The second-order valence-corrected chi connectivity index (χ2v) is 13.7. The molecule has 3 atom stereocenters. The number of nitrogens with zero attached hydrogens (tertiary/aromatic N) is 1. The summed E-state index contributed by atoms with van der Waals surface area (Å²) in [4.78, 5) is 13.8. The molecule has 0 radical (unpaired) electrons. The molecule has 0 aliphatic heterocycles. The van der Waals surface area contributed by atoms with Crippen LogP contribution in [-0.4, -0.2) is 37.7 Å². The highest BCUT2D eigenvalue weighted by molar-refractivity contribution is 9.10. The predicted molar refractivity (Wildman–Crippen MR) is 137 cm³/mol. The lowest BCUT2D eigenvalue weighted by Crippen LogP contribution is -2.52. The summed E-state index contributed by atoms with van der Waals surface area (Å²) < 4.78 is 28.6. The van der Waals surface area contributed by atoms with E-state index in [4.69, 9.17) is 0 Å². The maximum Gasteiger partial charge on any atom is 0.253 e. The number of carbonyl (C=O) groups excluding carboxylic acids is 1. The van der Waals surface area contributed by atoms with Crippen molar-refractivity contribution in [1.29, 1.82) is 0 Å². The van der Waals surface area contributed by atoms with Crippen molar-refractivity contribution in [2.24, 2.45) is 16.7 Å². The molecule has 1 heterocycles. The quantitative estimate of drug-likeness (QED) is 0.492. The molecule has 182 valence electrons. The summed E-state index contributed by atoms with van der Waals surface area (Å²) in [6.45, 7) is 12.0. The topological polar surface area (TPSA) is 80.2 Å². The van der Waals surface area contributed by atoms with Crippen LogP contribution in [0.2, 0.25) is 0 Å². The van der Waals surface area contributed by atoms with Gasteiger partial charge in [0.15, 0.2) is 0 Å². The molecule has 4 rings (SSSR count). The highest BCUT2D eigenvalue weighted by Crippen LogP contribution is 2.62. The fourth-order valence-corrected chi connectivity index (χ4v) is 7.63. The molecule has 0 saturated heterocycles. The molecule has 6 nitrogen and oxygen atoms in total. The van der Waals surface area contributed by atoms with Crippen LogP contribution in [0, 0.1) is 30.6 Å². The van der Waals surface area contributed by atoms with Gasteiger partial charge in [-0.1, -0.05) is 32.9 Å². The van der Waals surface area contributed by atoms with Crippen LogP contribution in [0.25, 0.3) is 10.9 Å². The lowest BCUT2D eigenvalue weighted by molar-refractivity contribution is 0.0738. The smallest absolute Gasteiger partial charge is 0.253 e. The second-order valence-electron chi connectivity index (χ2n) is 11.0. The molecule has 3 unspecified atom stereocenters. The number of aryl methyl sites for hydroxylation is 2. The molecule has 2 bridgehead atoms. The maximum absolute atomic E-state index is 13.8. The van der Waals surface area contributed by atoms with E-state index in [1.165, 1.54) is 25.5 Å². The molecule has 2 fully saturated rings. The monoisotopic (exact) mass is 537 g/mol. The summed E-state index contributed by atoms with van der Waals surface area (Å²) in [5, 5.41) is 4.40. The van der Waals surface area contributed by atoms with Crippen molar-refractivity contribution in [3.8, 4) is 0 Å². The van der Waals surface area contributed by atoms with Gasteiger partial charge in [0.25, 0.3) is 5.91 Å². The number of benzene rings is 1. The Hall–Kier alpha value is -1.38. The Labute approximate surface area is 206 Å². The van der Waals surface area contributed by atoms with Gasteiger partial charge in [0.05, 0.1) is 17.3 Å². The van der Waals surface area contributed by atoms with E-state index >= 15 is 0 Å². The molecule has 2 saturated carbocycles. The van der Waals surface area contributed by atoms with E-state index in [-0.39, 0.29) is 22.8 Å². The average Bonchev–Trinajstić information content (AvgIpc) is 3.29. The number of nitrogens with one attached hydrogen (secondary N) is 2. The number of rotatable bonds is 7. The molecular weight excluding hydrogens is 502 g/mol. The van der Waals surface area contributed by atoms with Crippen LogP contribution in [0.1, 0.15) is 68.1 Å². The number of carbonyl (C=O) groups is 1. The van der Waals surface area contributed by atoms with Crippen LogP contribution in [0.3, 0.4) is 0 Å². The lowest BCUT2D eigenvalue weighted by Gasteiger charge is -2.43. The minimum absolute atomic E-state index is 0.00638. The molecule has 1 amide bonds. The van der Waals surface area contributed by atoms with Gasteiger partial charge in [-0.25, -0.2) is 13.1 Å². The van der Waals surface area contributed by atoms with Crippen LogP contribution in [0.4, 0.5) is 0 Å². The predicted octanol–water partition coefficient (Wildman–Crippen LogP) is 4.90. The van der Waals surface area contributed by atoms with Crippen LogP contribution in [0.5, 0.6) is 0 Å². The Morgan fingerprint density at radius 2 is 1.94 bits per heavy atom. The maximum atomic E-state index is 13.8. The Balaban J connectivity index is 1.68. The molecule has 1 aromatic heterocycles. The molecule has 33 heavy (non-hydrogen) atoms. The fourth-order valence-electron chi connectivity index (χ4n) is 6.55. The van der Waals surface area contributed by atoms with E-state index < -0.39 is 10.0 Å². The molecule has 8 heteroatoms. The Bertz CT molecular complexity index is 1210. The van der Waals surface area contributed by atoms with Gasteiger partial charge in [-0.15, -0.1) is 0 Å². The Morgan fingerprint density at radius 3 is 2.55 bits per heavy atom. The highest BCUT2D eigenvalue weighted by Gasteiger charge is 2.59. The summed E-state index contributed by atoms with van der Waals surface area (Å²) >= 11 is 3.75. The first-order valence-electron chi connectivity index (χ1n) is 11.8. The van der Waals surface area contributed by atoms with E-state index in [1.807, 2.05) is 26.0 Å².